The van der Waals surface area contributed by atoms with Crippen molar-refractivity contribution >= 4 is 43.3 Å². The molecule has 0 bridgehead atoms. The van der Waals surface area contributed by atoms with Gasteiger partial charge in [-0.2, -0.15) is 0 Å². The summed E-state index contributed by atoms with van der Waals surface area (Å²) in [5, 5.41) is 13.0. The Balaban J connectivity index is 0.00000468. The third kappa shape index (κ3) is 7.63. The van der Waals surface area contributed by atoms with Gasteiger partial charge in [-0.05, 0) is 30.8 Å². The maximum atomic E-state index is 7.34. The highest BCUT2D eigenvalue weighted by molar-refractivity contribution is 7.00. The molecule has 0 unspecified atom stereocenters. The van der Waals surface area contributed by atoms with E-state index in [4.69, 9.17) is 8.85 Å². The Hall–Kier alpha value is -2.77. The van der Waals surface area contributed by atoms with Crippen LogP contribution in [0.15, 0.2) is 121 Å². The van der Waals surface area contributed by atoms with Crippen molar-refractivity contribution in [1.29, 1.82) is 0 Å². The molecule has 4 aromatic rings. The lowest BCUT2D eigenvalue weighted by molar-refractivity contribution is -0.542. The van der Waals surface area contributed by atoms with E-state index in [1.54, 1.807) is 0 Å². The Kier molecular flexibility index (Phi) is 12.0. The zero-order valence-corrected chi connectivity index (χ0v) is 34.2. The second-order valence-electron chi connectivity index (χ2n) is 15.5. The van der Waals surface area contributed by atoms with E-state index in [0.717, 1.165) is 31.9 Å². The lowest BCUT2D eigenvalue weighted by Gasteiger charge is -2.44. The predicted octanol–water partition coefficient (Wildman–Crippen LogP) is 2.24. The Morgan fingerprint density at radius 2 is 0.816 bits per heavy atom. The van der Waals surface area contributed by atoms with E-state index < -0.39 is 16.6 Å². The summed E-state index contributed by atoms with van der Waals surface area (Å²) in [5.74, 6) is 1.12. The number of nitrogens with one attached hydrogen (secondary N) is 2. The van der Waals surface area contributed by atoms with Crippen molar-refractivity contribution in [3.05, 3.63) is 121 Å². The van der Waals surface area contributed by atoms with Crippen LogP contribution in [0.5, 0.6) is 0 Å². The number of hydrogen-bond donors (Lipinski definition) is 2. The van der Waals surface area contributed by atoms with Crippen LogP contribution in [0.25, 0.3) is 0 Å². The molecule has 2 atom stereocenters. The molecule has 2 aliphatic rings. The van der Waals surface area contributed by atoms with Gasteiger partial charge in [-0.15, -0.1) is 0 Å². The minimum Gasteiger partial charge on any atom is -1.00 e. The first-order chi connectivity index (χ1) is 23.0. The van der Waals surface area contributed by atoms with Crippen molar-refractivity contribution in [2.24, 2.45) is 0 Å². The predicted molar refractivity (Wildman–Crippen MR) is 205 cm³/mol. The van der Waals surface area contributed by atoms with Gasteiger partial charge in [0.25, 0.3) is 16.6 Å². The molecule has 2 aliphatic heterocycles. The maximum Gasteiger partial charge on any atom is 0.346 e. The monoisotopic (exact) mass is 803 g/mol. The lowest BCUT2D eigenvalue weighted by atomic mass is 10.1. The van der Waals surface area contributed by atoms with E-state index in [1.807, 2.05) is 0 Å². The Morgan fingerprint density at radius 1 is 0.531 bits per heavy atom. The molecule has 0 aromatic heterocycles. The van der Waals surface area contributed by atoms with E-state index in [0.29, 0.717) is 13.2 Å². The molecule has 5 nitrogen and oxygen atoms in total. The molecule has 6 rings (SSSR count). The molecule has 260 valence electrons. The summed E-state index contributed by atoms with van der Waals surface area (Å²) in [6, 6.07) is 44.3. The van der Waals surface area contributed by atoms with Crippen LogP contribution in [0.2, 0.25) is 10.1 Å². The summed E-state index contributed by atoms with van der Waals surface area (Å²) in [6.07, 6.45) is 2.10. The van der Waals surface area contributed by atoms with Crippen LogP contribution in [-0.4, -0.2) is 65.6 Å². The third-order valence-corrected chi connectivity index (χ3v) is 20.3. The molecule has 2 heterocycles. The zero-order valence-electron chi connectivity index (χ0n) is 30.1. The number of rotatable bonds is 10. The molecule has 8 heteroatoms. The minimum atomic E-state index is -2.61. The summed E-state index contributed by atoms with van der Waals surface area (Å²) in [4.78, 5) is 0. The van der Waals surface area contributed by atoms with Crippen molar-refractivity contribution in [3.8, 4) is 0 Å². The van der Waals surface area contributed by atoms with E-state index >= 15 is 0 Å². The van der Waals surface area contributed by atoms with E-state index in [9.17, 15) is 0 Å². The second kappa shape index (κ2) is 15.6. The zero-order chi connectivity index (χ0) is 33.8. The van der Waals surface area contributed by atoms with Gasteiger partial charge in [0, 0.05) is 12.8 Å². The highest BCUT2D eigenvalue weighted by Crippen LogP contribution is 2.38. The lowest BCUT2D eigenvalue weighted by Crippen LogP contribution is -3.00. The fraction of sp³-hybridized carbons (Fsp3) is 0.390. The van der Waals surface area contributed by atoms with Gasteiger partial charge >= 0.3 is 5.96 Å². The summed E-state index contributed by atoms with van der Waals surface area (Å²) in [6.45, 7) is 17.5. The van der Waals surface area contributed by atoms with Crippen LogP contribution in [0, 0.1) is 0 Å². The average Bonchev–Trinajstić information content (AvgIpc) is 3.09. The quantitative estimate of drug-likeness (QED) is 0.147. The topological polar surface area (TPSA) is 45.5 Å². The highest BCUT2D eigenvalue weighted by Gasteiger charge is 2.52. The molecule has 4 aromatic carbocycles. The molecule has 0 radical (unpaired) electrons. The number of halogens is 1. The van der Waals surface area contributed by atoms with Gasteiger partial charge in [-0.25, -0.2) is 0 Å². The van der Waals surface area contributed by atoms with E-state index in [-0.39, 0.29) is 46.1 Å². The van der Waals surface area contributed by atoms with Crippen LogP contribution < -0.4 is 55.4 Å². The molecule has 0 saturated carbocycles. The van der Waals surface area contributed by atoms with Crippen molar-refractivity contribution in [2.75, 3.05) is 26.3 Å². The standard InChI is InChI=1S/C41H53N3O2Si2.HI/c1-40(2,3)47(35-19-11-7-12-20-35,36-21-13-8-14-22-36)45-31-33-27-29-44-30-28-34(43-39(44)42-33)32-46-48(41(4,5)6,37-23-15-9-16-24-37)38-25-17-10-18-26-38;/h7-26,33-34H,27-32H2,1-6H3,(H,42,43);1H/t33-,34-;/m0./s1. The van der Waals surface area contributed by atoms with Gasteiger partial charge in [0.2, 0.25) is 0 Å². The molecular weight excluding hydrogens is 750 g/mol. The van der Waals surface area contributed by atoms with Crippen molar-refractivity contribution in [1.82, 2.24) is 10.6 Å². The SMILES string of the molecule is CC(C)(C)[Si](OC[C@@H]1CC[N+]2=C(N1)N[C@H](CO[Si](c1ccccc1)(c1ccccc1)C(C)(C)C)CC2)(c1ccccc1)c1ccccc1.[I-]. The van der Waals surface area contributed by atoms with E-state index in [1.165, 1.54) is 20.7 Å². The summed E-state index contributed by atoms with van der Waals surface area (Å²) >= 11 is 0. The molecule has 0 aliphatic carbocycles. The highest BCUT2D eigenvalue weighted by atomic mass is 127. The smallest absolute Gasteiger partial charge is 0.346 e. The molecule has 2 N–H and O–H groups in total. The third-order valence-electron chi connectivity index (χ3n) is 10.3. The van der Waals surface area contributed by atoms with Crippen molar-refractivity contribution < 1.29 is 37.4 Å². The molecular formula is C41H54IN3O2Si2. The summed E-state index contributed by atoms with van der Waals surface area (Å²) in [5.41, 5.74) is 0. The number of hydrogen-bond acceptors (Lipinski definition) is 4. The molecule has 0 amide bonds. The average molecular weight is 804 g/mol. The largest absolute Gasteiger partial charge is 1.00 e. The van der Waals surface area contributed by atoms with Crippen LogP contribution in [0.4, 0.5) is 0 Å². The Morgan fingerprint density at radius 3 is 1.08 bits per heavy atom. The van der Waals surface area contributed by atoms with Gasteiger partial charge in [0.15, 0.2) is 0 Å². The molecule has 49 heavy (non-hydrogen) atoms. The first kappa shape index (κ1) is 37.5. The number of nitrogens with zero attached hydrogens (tertiary/aromatic N) is 1. The normalized spacial score (nSPS) is 18.5. The molecule has 0 fully saturated rings. The maximum absolute atomic E-state index is 7.34. The fourth-order valence-corrected chi connectivity index (χ4v) is 17.2. The van der Waals surface area contributed by atoms with E-state index in [2.05, 4.69) is 178 Å². The first-order valence-electron chi connectivity index (χ1n) is 17.7. The van der Waals surface area contributed by atoms with Gasteiger partial charge in [0.05, 0.1) is 38.4 Å². The van der Waals surface area contributed by atoms with Crippen molar-refractivity contribution in [3.63, 3.8) is 0 Å². The second-order valence-corrected chi connectivity index (χ2v) is 24.2. The van der Waals surface area contributed by atoms with Gasteiger partial charge in [0.1, 0.15) is 0 Å². The van der Waals surface area contributed by atoms with Crippen LogP contribution in [0.3, 0.4) is 0 Å². The summed E-state index contributed by atoms with van der Waals surface area (Å²) < 4.78 is 17.1. The Bertz CT molecular complexity index is 1460. The fourth-order valence-electron chi connectivity index (χ4n) is 7.94. The first-order valence-corrected chi connectivity index (χ1v) is 21.5. The van der Waals surface area contributed by atoms with Crippen LogP contribution in [-0.2, 0) is 8.85 Å². The minimum absolute atomic E-state index is 0. The Labute approximate surface area is 313 Å². The molecule has 0 spiro atoms. The van der Waals surface area contributed by atoms with Gasteiger partial charge < -0.3 is 32.8 Å². The van der Waals surface area contributed by atoms with Gasteiger partial charge in [-0.1, -0.05) is 163 Å². The number of benzene rings is 4. The van der Waals surface area contributed by atoms with Crippen molar-refractivity contribution in [2.45, 2.75) is 76.5 Å². The number of guanidine groups is 1. The van der Waals surface area contributed by atoms with Crippen LogP contribution in [0.1, 0.15) is 54.4 Å². The molecule has 0 saturated heterocycles. The summed E-state index contributed by atoms with van der Waals surface area (Å²) in [7, 11) is -5.21. The van der Waals surface area contributed by atoms with Crippen LogP contribution >= 0.6 is 0 Å². The van der Waals surface area contributed by atoms with Gasteiger partial charge in [-0.3, -0.25) is 15.2 Å².